The number of hydrogen-bond donors (Lipinski definition) is 0. The van der Waals surface area contributed by atoms with Gasteiger partial charge in [0, 0.05) is 18.9 Å². The monoisotopic (exact) mass is 397 g/mol. The molecule has 1 amide bonds. The molecule has 1 aromatic carbocycles. The average Bonchev–Trinajstić information content (AvgIpc) is 3.35. The van der Waals surface area contributed by atoms with Crippen LogP contribution in [0.4, 0.5) is 4.39 Å². The van der Waals surface area contributed by atoms with Gasteiger partial charge < -0.3 is 9.32 Å². The molecule has 0 atom stereocenters. The summed E-state index contributed by atoms with van der Waals surface area (Å²) in [6, 6.07) is 4.81. The number of benzene rings is 1. The molecule has 0 N–H and O–H groups in total. The number of aromatic nitrogens is 4. The maximum absolute atomic E-state index is 13.6. The van der Waals surface area contributed by atoms with Crippen LogP contribution in [0.25, 0.3) is 11.4 Å². The highest BCUT2D eigenvalue weighted by Gasteiger charge is 2.29. The third kappa shape index (κ3) is 3.92. The lowest BCUT2D eigenvalue weighted by Crippen LogP contribution is -2.30. The highest BCUT2D eigenvalue weighted by molar-refractivity contribution is 5.76. The Hall–Kier alpha value is -3.03. The normalized spacial score (nSPS) is 13.2. The number of carbonyl (C=O) groups is 1. The molecule has 1 aliphatic heterocycles. The van der Waals surface area contributed by atoms with Crippen molar-refractivity contribution in [2.75, 3.05) is 0 Å². The minimum Gasteiger partial charge on any atom is -0.444 e. The third-order valence-electron chi connectivity index (χ3n) is 5.12. The van der Waals surface area contributed by atoms with Crippen molar-refractivity contribution >= 4 is 5.91 Å². The van der Waals surface area contributed by atoms with E-state index in [-0.39, 0.29) is 18.3 Å². The molecular weight excluding hydrogens is 373 g/mol. The lowest BCUT2D eigenvalue weighted by Gasteiger charge is -2.15. The summed E-state index contributed by atoms with van der Waals surface area (Å²) in [5.41, 5.74) is 2.11. The standard InChI is InChI=1S/C21H24FN5O2/c1-4-5-6-19-24-21(15-7-8-16(22)13(2)9-15)25-27(19)12-20(28)26-10-17-18(11-26)29-14(3)23-17/h7-9H,4-6,10-12H2,1-3H3. The van der Waals surface area contributed by atoms with E-state index in [1.54, 1.807) is 35.6 Å². The first-order chi connectivity index (χ1) is 13.9. The molecule has 152 valence electrons. The van der Waals surface area contributed by atoms with Crippen molar-refractivity contribution in [2.24, 2.45) is 0 Å². The fourth-order valence-corrected chi connectivity index (χ4v) is 3.50. The summed E-state index contributed by atoms with van der Waals surface area (Å²) in [6.07, 6.45) is 2.71. The average molecular weight is 397 g/mol. The van der Waals surface area contributed by atoms with Gasteiger partial charge in [-0.25, -0.2) is 19.0 Å². The van der Waals surface area contributed by atoms with Crippen molar-refractivity contribution in [1.29, 1.82) is 0 Å². The fourth-order valence-electron chi connectivity index (χ4n) is 3.50. The van der Waals surface area contributed by atoms with Crippen LogP contribution in [0.2, 0.25) is 0 Å². The molecular formula is C21H24FN5O2. The molecule has 3 heterocycles. The van der Waals surface area contributed by atoms with Crippen molar-refractivity contribution in [3.63, 3.8) is 0 Å². The van der Waals surface area contributed by atoms with E-state index in [0.29, 0.717) is 30.4 Å². The molecule has 3 aromatic rings. The number of hydrogen-bond acceptors (Lipinski definition) is 5. The second-order valence-electron chi connectivity index (χ2n) is 7.43. The van der Waals surface area contributed by atoms with Crippen molar-refractivity contribution in [3.8, 4) is 11.4 Å². The number of amides is 1. The van der Waals surface area contributed by atoms with Gasteiger partial charge in [0.2, 0.25) is 5.91 Å². The van der Waals surface area contributed by atoms with Gasteiger partial charge in [-0.3, -0.25) is 4.79 Å². The molecule has 8 heteroatoms. The molecule has 29 heavy (non-hydrogen) atoms. The molecule has 0 radical (unpaired) electrons. The van der Waals surface area contributed by atoms with Crippen molar-refractivity contribution in [1.82, 2.24) is 24.6 Å². The van der Waals surface area contributed by atoms with Crippen LogP contribution >= 0.6 is 0 Å². The fraction of sp³-hybridized carbons (Fsp3) is 0.429. The van der Waals surface area contributed by atoms with E-state index in [1.165, 1.54) is 6.07 Å². The Labute approximate surface area is 168 Å². The van der Waals surface area contributed by atoms with E-state index in [1.807, 2.05) is 0 Å². The Bertz CT molecular complexity index is 1030. The van der Waals surface area contributed by atoms with Crippen LogP contribution in [0, 0.1) is 19.7 Å². The highest BCUT2D eigenvalue weighted by Crippen LogP contribution is 2.24. The van der Waals surface area contributed by atoms with E-state index in [9.17, 15) is 9.18 Å². The number of halogens is 1. The quantitative estimate of drug-likeness (QED) is 0.635. The van der Waals surface area contributed by atoms with Crippen molar-refractivity contribution < 1.29 is 13.6 Å². The summed E-state index contributed by atoms with van der Waals surface area (Å²) in [5.74, 6) is 2.34. The number of carbonyl (C=O) groups excluding carboxylic acids is 1. The van der Waals surface area contributed by atoms with E-state index in [0.717, 1.165) is 42.1 Å². The number of fused-ring (bicyclic) bond motifs is 1. The summed E-state index contributed by atoms with van der Waals surface area (Å²) < 4.78 is 20.8. The van der Waals surface area contributed by atoms with Crippen LogP contribution in [-0.2, 0) is 30.8 Å². The van der Waals surface area contributed by atoms with Gasteiger partial charge in [-0.1, -0.05) is 13.3 Å². The maximum Gasteiger partial charge on any atom is 0.245 e. The highest BCUT2D eigenvalue weighted by atomic mass is 19.1. The summed E-state index contributed by atoms with van der Waals surface area (Å²) in [6.45, 7) is 6.61. The topological polar surface area (TPSA) is 77.1 Å². The van der Waals surface area contributed by atoms with E-state index < -0.39 is 0 Å². The number of rotatable bonds is 6. The second-order valence-corrected chi connectivity index (χ2v) is 7.43. The first-order valence-electron chi connectivity index (χ1n) is 9.87. The minimum absolute atomic E-state index is 0.0552. The van der Waals surface area contributed by atoms with Gasteiger partial charge in [-0.2, -0.15) is 5.10 Å². The molecule has 0 saturated heterocycles. The predicted molar refractivity (Wildman–Crippen MR) is 104 cm³/mol. The molecule has 0 saturated carbocycles. The number of nitrogens with zero attached hydrogens (tertiary/aromatic N) is 5. The molecule has 7 nitrogen and oxygen atoms in total. The molecule has 0 fully saturated rings. The van der Waals surface area contributed by atoms with Gasteiger partial charge in [0.1, 0.15) is 29.6 Å². The number of unbranched alkanes of at least 4 members (excludes halogenated alkanes) is 1. The Kier molecular flexibility index (Phi) is 5.17. The molecule has 0 spiro atoms. The summed E-state index contributed by atoms with van der Waals surface area (Å²) in [7, 11) is 0. The smallest absolute Gasteiger partial charge is 0.245 e. The Morgan fingerprint density at radius 3 is 2.79 bits per heavy atom. The number of aryl methyl sites for hydroxylation is 3. The van der Waals surface area contributed by atoms with Crippen LogP contribution in [0.15, 0.2) is 22.6 Å². The zero-order valence-corrected chi connectivity index (χ0v) is 16.9. The van der Waals surface area contributed by atoms with Gasteiger partial charge in [0.25, 0.3) is 0 Å². The predicted octanol–water partition coefficient (Wildman–Crippen LogP) is 3.57. The van der Waals surface area contributed by atoms with E-state index in [2.05, 4.69) is 22.0 Å². The molecule has 0 unspecified atom stereocenters. The van der Waals surface area contributed by atoms with Gasteiger partial charge >= 0.3 is 0 Å². The Morgan fingerprint density at radius 2 is 2.07 bits per heavy atom. The Morgan fingerprint density at radius 1 is 1.24 bits per heavy atom. The molecule has 2 aromatic heterocycles. The lowest BCUT2D eigenvalue weighted by molar-refractivity contribution is -0.132. The SMILES string of the molecule is CCCCc1nc(-c2ccc(F)c(C)c2)nn1CC(=O)N1Cc2nc(C)oc2C1. The second kappa shape index (κ2) is 7.77. The van der Waals surface area contributed by atoms with Gasteiger partial charge in [0.05, 0.1) is 13.1 Å². The molecule has 1 aliphatic rings. The zero-order valence-electron chi connectivity index (χ0n) is 16.9. The van der Waals surface area contributed by atoms with Crippen LogP contribution < -0.4 is 0 Å². The summed E-state index contributed by atoms with van der Waals surface area (Å²) in [5, 5.41) is 4.56. The molecule has 4 rings (SSSR count). The maximum atomic E-state index is 13.6. The first kappa shape index (κ1) is 19.3. The van der Waals surface area contributed by atoms with Crippen molar-refractivity contribution in [3.05, 3.63) is 52.7 Å². The van der Waals surface area contributed by atoms with E-state index in [4.69, 9.17) is 4.42 Å². The van der Waals surface area contributed by atoms with Crippen LogP contribution in [0.3, 0.4) is 0 Å². The van der Waals surface area contributed by atoms with Crippen LogP contribution in [-0.4, -0.2) is 30.6 Å². The third-order valence-corrected chi connectivity index (χ3v) is 5.12. The molecule has 0 bridgehead atoms. The number of oxazole rings is 1. The lowest BCUT2D eigenvalue weighted by atomic mass is 10.1. The first-order valence-corrected chi connectivity index (χ1v) is 9.87. The Balaban J connectivity index is 1.55. The minimum atomic E-state index is -0.260. The van der Waals surface area contributed by atoms with Crippen molar-refractivity contribution in [2.45, 2.75) is 59.7 Å². The van der Waals surface area contributed by atoms with E-state index >= 15 is 0 Å². The zero-order chi connectivity index (χ0) is 20.5. The van der Waals surface area contributed by atoms with Gasteiger partial charge in [-0.15, -0.1) is 0 Å². The van der Waals surface area contributed by atoms with Crippen LogP contribution in [0.5, 0.6) is 0 Å². The molecule has 0 aliphatic carbocycles. The van der Waals surface area contributed by atoms with Gasteiger partial charge in [0.15, 0.2) is 11.7 Å². The largest absolute Gasteiger partial charge is 0.444 e. The van der Waals surface area contributed by atoms with Gasteiger partial charge in [-0.05, 0) is 37.1 Å². The summed E-state index contributed by atoms with van der Waals surface area (Å²) in [4.78, 5) is 23.5. The van der Waals surface area contributed by atoms with Crippen LogP contribution in [0.1, 0.15) is 48.5 Å². The summed E-state index contributed by atoms with van der Waals surface area (Å²) >= 11 is 0.